The van der Waals surface area contributed by atoms with E-state index < -0.39 is 42.3 Å². The highest BCUT2D eigenvalue weighted by Gasteiger charge is 2.44. The number of imidazole rings is 1. The Morgan fingerprint density at radius 3 is 2.70 bits per heavy atom. The van der Waals surface area contributed by atoms with Crippen molar-refractivity contribution in [2.24, 2.45) is 0 Å². The van der Waals surface area contributed by atoms with Gasteiger partial charge in [-0.3, -0.25) is 9.36 Å². The predicted octanol–water partition coefficient (Wildman–Crippen LogP) is -1.54. The van der Waals surface area contributed by atoms with Crippen LogP contribution < -0.4 is 11.3 Å². The summed E-state index contributed by atoms with van der Waals surface area (Å²) < 4.78 is 7.70. The molecule has 1 aliphatic carbocycles. The number of rotatable bonds is 4. The first-order valence-corrected chi connectivity index (χ1v) is 9.53. The minimum Gasteiger partial charge on any atom is -0.394 e. The molecule has 12 heteroatoms. The lowest BCUT2D eigenvalue weighted by Crippen LogP contribution is -2.36. The summed E-state index contributed by atoms with van der Waals surface area (Å²) in [5.74, 6) is -0.275. The summed E-state index contributed by atoms with van der Waals surface area (Å²) in [4.78, 5) is 21.4. The Labute approximate surface area is 170 Å². The molecular weight excluding hydrogens is 396 g/mol. The normalized spacial score (nSPS) is 28.8. The van der Waals surface area contributed by atoms with Crippen molar-refractivity contribution in [3.63, 3.8) is 0 Å². The van der Waals surface area contributed by atoms with E-state index in [2.05, 4.69) is 9.97 Å². The van der Waals surface area contributed by atoms with Crippen molar-refractivity contribution in [2.45, 2.75) is 55.8 Å². The second-order valence-electron chi connectivity index (χ2n) is 7.56. The third kappa shape index (κ3) is 2.99. The number of fused-ring (bicyclic) bond motifs is 1. The Kier molecular flexibility index (Phi) is 5.08. The summed E-state index contributed by atoms with van der Waals surface area (Å²) in [5.41, 5.74) is 3.90. The number of nitriles is 1. The summed E-state index contributed by atoms with van der Waals surface area (Å²) in [5, 5.41) is 49.7. The molecule has 0 spiro atoms. The minimum absolute atomic E-state index is 0.00157. The van der Waals surface area contributed by atoms with Crippen LogP contribution in [0.15, 0.2) is 17.2 Å². The SMILES string of the molecule is N#C/C=C(\n1c(N)nc2c(ncn2[C@H]2O[C@@H](CO)C(O)C2O)c1=O)C1(O)CCCC1. The van der Waals surface area contributed by atoms with Gasteiger partial charge < -0.3 is 30.9 Å². The summed E-state index contributed by atoms with van der Waals surface area (Å²) in [6.07, 6.45) is -0.356. The van der Waals surface area contributed by atoms with Crippen LogP contribution >= 0.6 is 0 Å². The lowest BCUT2D eigenvalue weighted by molar-refractivity contribution is -0.0511. The molecule has 2 aromatic rings. The van der Waals surface area contributed by atoms with Gasteiger partial charge >= 0.3 is 0 Å². The molecule has 0 bridgehead atoms. The van der Waals surface area contributed by atoms with Crippen LogP contribution in [-0.2, 0) is 4.74 Å². The number of aliphatic hydroxyl groups excluding tert-OH is 3. The third-order valence-corrected chi connectivity index (χ3v) is 5.76. The molecule has 2 unspecified atom stereocenters. The maximum absolute atomic E-state index is 13.2. The van der Waals surface area contributed by atoms with E-state index in [1.54, 1.807) is 0 Å². The summed E-state index contributed by atoms with van der Waals surface area (Å²) in [6.45, 7) is -0.509. The molecule has 2 fully saturated rings. The van der Waals surface area contributed by atoms with Crippen LogP contribution in [0.5, 0.6) is 0 Å². The fourth-order valence-electron chi connectivity index (χ4n) is 4.20. The molecule has 4 atom stereocenters. The quantitative estimate of drug-likeness (QED) is 0.363. The fraction of sp³-hybridized carbons (Fsp3) is 0.556. The van der Waals surface area contributed by atoms with E-state index in [1.807, 2.05) is 6.07 Å². The molecule has 30 heavy (non-hydrogen) atoms. The number of nitrogens with zero attached hydrogens (tertiary/aromatic N) is 5. The zero-order valence-corrected chi connectivity index (χ0v) is 15.9. The molecule has 1 aliphatic heterocycles. The van der Waals surface area contributed by atoms with Gasteiger partial charge in [-0.05, 0) is 12.8 Å². The minimum atomic E-state index is -1.39. The molecule has 3 heterocycles. The largest absolute Gasteiger partial charge is 0.394 e. The van der Waals surface area contributed by atoms with Crippen molar-refractivity contribution in [2.75, 3.05) is 12.3 Å². The number of anilines is 1. The number of hydrogen-bond donors (Lipinski definition) is 5. The van der Waals surface area contributed by atoms with E-state index in [0.717, 1.165) is 23.5 Å². The Morgan fingerprint density at radius 1 is 1.40 bits per heavy atom. The highest BCUT2D eigenvalue weighted by atomic mass is 16.6. The van der Waals surface area contributed by atoms with Gasteiger partial charge in [-0.15, -0.1) is 0 Å². The molecule has 2 aliphatic rings. The second kappa shape index (κ2) is 7.46. The first-order chi connectivity index (χ1) is 14.3. The molecule has 12 nitrogen and oxygen atoms in total. The highest BCUT2D eigenvalue weighted by Crippen LogP contribution is 2.38. The monoisotopic (exact) mass is 418 g/mol. The van der Waals surface area contributed by atoms with Gasteiger partial charge in [-0.2, -0.15) is 10.2 Å². The smallest absolute Gasteiger partial charge is 0.287 e. The lowest BCUT2D eigenvalue weighted by Gasteiger charge is -2.27. The third-order valence-electron chi connectivity index (χ3n) is 5.76. The van der Waals surface area contributed by atoms with Gasteiger partial charge in [0.05, 0.1) is 24.7 Å². The molecule has 0 aromatic carbocycles. The fourth-order valence-corrected chi connectivity index (χ4v) is 4.20. The average Bonchev–Trinajstić information content (AvgIpc) is 3.41. The summed E-state index contributed by atoms with van der Waals surface area (Å²) >= 11 is 0. The summed E-state index contributed by atoms with van der Waals surface area (Å²) in [7, 11) is 0. The number of nitrogens with two attached hydrogens (primary N) is 1. The van der Waals surface area contributed by atoms with Gasteiger partial charge in [0, 0.05) is 6.08 Å². The predicted molar refractivity (Wildman–Crippen MR) is 103 cm³/mol. The first-order valence-electron chi connectivity index (χ1n) is 9.53. The maximum atomic E-state index is 13.2. The van der Waals surface area contributed by atoms with Crippen LogP contribution in [0.1, 0.15) is 31.9 Å². The number of aromatic nitrogens is 4. The molecule has 2 aromatic heterocycles. The Bertz CT molecular complexity index is 1100. The van der Waals surface area contributed by atoms with E-state index in [1.165, 1.54) is 10.9 Å². The standard InChI is InChI=1S/C18H22N6O6/c19-6-3-10(18(29)4-1-2-5-18)24-15(28)11-14(22-17(24)20)23(8-21-11)16-13(27)12(26)9(7-25)30-16/h3,8-9,12-13,16,25-27,29H,1-2,4-5,7H2,(H2,20,22)/b10-3-/t9-,12?,13?,16-/m0/s1. The summed E-state index contributed by atoms with van der Waals surface area (Å²) in [6, 6.07) is 1.85. The molecule has 0 amide bonds. The van der Waals surface area contributed by atoms with Crippen molar-refractivity contribution in [1.29, 1.82) is 5.26 Å². The van der Waals surface area contributed by atoms with Gasteiger partial charge in [0.1, 0.15) is 23.9 Å². The highest BCUT2D eigenvalue weighted by molar-refractivity contribution is 5.74. The molecule has 4 rings (SSSR count). The van der Waals surface area contributed by atoms with E-state index in [9.17, 15) is 30.5 Å². The number of ether oxygens (including phenoxy) is 1. The van der Waals surface area contributed by atoms with Crippen LogP contribution in [0.3, 0.4) is 0 Å². The number of aliphatic hydroxyl groups is 4. The molecule has 1 saturated carbocycles. The van der Waals surface area contributed by atoms with Crippen LogP contribution in [0, 0.1) is 11.3 Å². The molecule has 0 radical (unpaired) electrons. The molecule has 160 valence electrons. The van der Waals surface area contributed by atoms with Crippen molar-refractivity contribution in [3.05, 3.63) is 22.8 Å². The van der Waals surface area contributed by atoms with Crippen LogP contribution in [0.4, 0.5) is 5.95 Å². The zero-order valence-electron chi connectivity index (χ0n) is 15.9. The van der Waals surface area contributed by atoms with E-state index in [4.69, 9.17) is 10.5 Å². The zero-order chi connectivity index (χ0) is 21.6. The molecule has 1 saturated heterocycles. The van der Waals surface area contributed by atoms with Gasteiger partial charge in [0.2, 0.25) is 5.95 Å². The number of hydrogen-bond acceptors (Lipinski definition) is 10. The Balaban J connectivity index is 1.84. The Hall–Kier alpha value is -2.82. The lowest BCUT2D eigenvalue weighted by atomic mass is 9.97. The van der Waals surface area contributed by atoms with Gasteiger partial charge in [-0.25, -0.2) is 9.55 Å². The van der Waals surface area contributed by atoms with Gasteiger partial charge in [0.25, 0.3) is 5.56 Å². The average molecular weight is 418 g/mol. The Morgan fingerprint density at radius 2 is 2.10 bits per heavy atom. The van der Waals surface area contributed by atoms with Crippen LogP contribution in [0.2, 0.25) is 0 Å². The van der Waals surface area contributed by atoms with Crippen molar-refractivity contribution in [1.82, 2.24) is 19.1 Å². The van der Waals surface area contributed by atoms with E-state index in [-0.39, 0.29) is 22.8 Å². The first kappa shape index (κ1) is 20.5. The van der Waals surface area contributed by atoms with Crippen LogP contribution in [0.25, 0.3) is 16.9 Å². The number of nitrogen functional groups attached to an aromatic ring is 1. The van der Waals surface area contributed by atoms with Gasteiger partial charge in [-0.1, -0.05) is 12.8 Å². The topological polar surface area (TPSA) is 193 Å². The van der Waals surface area contributed by atoms with E-state index >= 15 is 0 Å². The van der Waals surface area contributed by atoms with E-state index in [0.29, 0.717) is 12.8 Å². The van der Waals surface area contributed by atoms with Crippen molar-refractivity contribution < 1.29 is 25.2 Å². The second-order valence-corrected chi connectivity index (χ2v) is 7.56. The number of allylic oxidation sites excluding steroid dienone is 1. The van der Waals surface area contributed by atoms with Crippen LogP contribution in [-0.4, -0.2) is 70.0 Å². The van der Waals surface area contributed by atoms with Crippen molar-refractivity contribution in [3.8, 4) is 6.07 Å². The van der Waals surface area contributed by atoms with Gasteiger partial charge in [0.15, 0.2) is 17.4 Å². The molecule has 6 N–H and O–H groups in total. The molecular formula is C18H22N6O6. The van der Waals surface area contributed by atoms with Crippen molar-refractivity contribution >= 4 is 22.8 Å². The maximum Gasteiger partial charge on any atom is 0.287 e.